The quantitative estimate of drug-likeness (QED) is 0.393. The number of aryl methyl sites for hydroxylation is 1. The number of nitro groups is 1. The van der Waals surface area contributed by atoms with Crippen molar-refractivity contribution in [1.82, 2.24) is 9.78 Å². The summed E-state index contributed by atoms with van der Waals surface area (Å²) in [5.74, 6) is -5.21. The number of carbonyl (C=O) groups excluding carboxylic acids is 1. The highest BCUT2D eigenvalue weighted by atomic mass is 19.2. The second-order valence-corrected chi connectivity index (χ2v) is 6.31. The molecule has 1 aromatic heterocycles. The van der Waals surface area contributed by atoms with Crippen molar-refractivity contribution in [1.29, 1.82) is 0 Å². The molecule has 29 heavy (non-hydrogen) atoms. The number of hydrogen-bond acceptors (Lipinski definition) is 4. The largest absolute Gasteiger partial charge is 0.319 e. The fourth-order valence-corrected chi connectivity index (χ4v) is 2.86. The summed E-state index contributed by atoms with van der Waals surface area (Å²) in [5.41, 5.74) is 1.07. The lowest BCUT2D eigenvalue weighted by Gasteiger charge is -2.08. The number of halogens is 3. The summed E-state index contributed by atoms with van der Waals surface area (Å²) in [4.78, 5) is 22.8. The number of aromatic nitrogens is 2. The first-order valence-electron chi connectivity index (χ1n) is 8.41. The van der Waals surface area contributed by atoms with Crippen LogP contribution in [0.5, 0.6) is 0 Å². The molecule has 3 aromatic rings. The van der Waals surface area contributed by atoms with Crippen LogP contribution < -0.4 is 5.32 Å². The van der Waals surface area contributed by atoms with Gasteiger partial charge in [-0.05, 0) is 43.7 Å². The maximum atomic E-state index is 13.7. The first-order chi connectivity index (χ1) is 13.7. The van der Waals surface area contributed by atoms with E-state index in [0.29, 0.717) is 17.5 Å². The Balaban J connectivity index is 1.75. The molecule has 0 aliphatic rings. The van der Waals surface area contributed by atoms with Gasteiger partial charge in [-0.15, -0.1) is 0 Å². The van der Waals surface area contributed by atoms with Gasteiger partial charge in [0.25, 0.3) is 5.91 Å². The van der Waals surface area contributed by atoms with Crippen LogP contribution in [0, 0.1) is 41.4 Å². The molecule has 1 heterocycles. The molecular formula is C19H15F3N4O3. The van der Waals surface area contributed by atoms with Gasteiger partial charge in [0.05, 0.1) is 17.2 Å². The monoisotopic (exact) mass is 404 g/mol. The zero-order valence-corrected chi connectivity index (χ0v) is 15.4. The summed E-state index contributed by atoms with van der Waals surface area (Å²) in [6.45, 7) is 3.39. The number of carbonyl (C=O) groups is 1. The average Bonchev–Trinajstić information content (AvgIpc) is 2.96. The number of amides is 1. The minimum absolute atomic E-state index is 0.0467. The molecule has 0 fully saturated rings. The van der Waals surface area contributed by atoms with E-state index in [1.54, 1.807) is 26.0 Å². The Morgan fingerprint density at radius 3 is 2.34 bits per heavy atom. The fourth-order valence-electron chi connectivity index (χ4n) is 2.86. The van der Waals surface area contributed by atoms with E-state index in [2.05, 4.69) is 10.4 Å². The summed E-state index contributed by atoms with van der Waals surface area (Å²) in [5, 5.41) is 17.4. The van der Waals surface area contributed by atoms with Gasteiger partial charge >= 0.3 is 5.69 Å². The van der Waals surface area contributed by atoms with Crippen molar-refractivity contribution in [3.05, 3.63) is 86.5 Å². The Labute approximate surface area is 162 Å². The van der Waals surface area contributed by atoms with Crippen molar-refractivity contribution in [3.8, 4) is 0 Å². The van der Waals surface area contributed by atoms with Gasteiger partial charge in [0.2, 0.25) is 0 Å². The Bertz CT molecular complexity index is 1110. The maximum absolute atomic E-state index is 13.7. The Morgan fingerprint density at radius 1 is 1.10 bits per heavy atom. The van der Waals surface area contributed by atoms with Crippen LogP contribution in [0.2, 0.25) is 0 Å². The van der Waals surface area contributed by atoms with Crippen LogP contribution in [-0.2, 0) is 6.54 Å². The summed E-state index contributed by atoms with van der Waals surface area (Å²) < 4.78 is 41.4. The molecule has 0 bridgehead atoms. The Hall–Kier alpha value is -3.69. The van der Waals surface area contributed by atoms with Gasteiger partial charge in [0.15, 0.2) is 17.5 Å². The van der Waals surface area contributed by atoms with E-state index in [4.69, 9.17) is 0 Å². The minimum Gasteiger partial charge on any atom is -0.319 e. The van der Waals surface area contributed by atoms with Crippen LogP contribution >= 0.6 is 0 Å². The number of anilines is 1. The molecule has 7 nitrogen and oxygen atoms in total. The highest BCUT2D eigenvalue weighted by molar-refractivity contribution is 6.04. The van der Waals surface area contributed by atoms with Gasteiger partial charge in [0, 0.05) is 5.56 Å². The zero-order valence-electron chi connectivity index (χ0n) is 15.4. The maximum Gasteiger partial charge on any atom is 0.312 e. The molecule has 10 heteroatoms. The summed E-state index contributed by atoms with van der Waals surface area (Å²) in [6, 6.07) is 7.78. The lowest BCUT2D eigenvalue weighted by atomic mass is 10.1. The van der Waals surface area contributed by atoms with E-state index >= 15 is 0 Å². The van der Waals surface area contributed by atoms with Crippen molar-refractivity contribution < 1.29 is 22.9 Å². The standard InChI is InChI=1S/C19H15F3N4O3/c1-10-18(26(28)29)11(2)25(24-10)9-12-3-5-13(6-4-12)19(27)23-15-8-7-14(20)16(21)17(15)22/h3-8H,9H2,1-2H3,(H,23,27). The topological polar surface area (TPSA) is 90.1 Å². The number of nitrogens with zero attached hydrogens (tertiary/aromatic N) is 3. The zero-order chi connectivity index (χ0) is 21.3. The van der Waals surface area contributed by atoms with Crippen LogP contribution in [0.15, 0.2) is 36.4 Å². The second-order valence-electron chi connectivity index (χ2n) is 6.31. The first kappa shape index (κ1) is 20.1. The van der Waals surface area contributed by atoms with Gasteiger partial charge in [-0.1, -0.05) is 12.1 Å². The molecule has 0 atom stereocenters. The lowest BCUT2D eigenvalue weighted by molar-refractivity contribution is -0.386. The van der Waals surface area contributed by atoms with Crippen molar-refractivity contribution in [2.24, 2.45) is 0 Å². The van der Waals surface area contributed by atoms with Crippen LogP contribution in [0.3, 0.4) is 0 Å². The van der Waals surface area contributed by atoms with E-state index in [1.807, 2.05) is 0 Å². The van der Waals surface area contributed by atoms with Crippen LogP contribution in [0.4, 0.5) is 24.5 Å². The minimum atomic E-state index is -1.67. The lowest BCUT2D eigenvalue weighted by Crippen LogP contribution is -2.14. The predicted octanol–water partition coefficient (Wildman–Crippen LogP) is 4.13. The van der Waals surface area contributed by atoms with Crippen LogP contribution in [0.25, 0.3) is 0 Å². The van der Waals surface area contributed by atoms with Gasteiger partial charge in [-0.3, -0.25) is 19.6 Å². The molecule has 0 aliphatic heterocycles. The number of nitrogens with one attached hydrogen (secondary N) is 1. The Kier molecular flexibility index (Phi) is 5.35. The molecule has 150 valence electrons. The van der Waals surface area contributed by atoms with Crippen molar-refractivity contribution in [2.45, 2.75) is 20.4 Å². The van der Waals surface area contributed by atoms with E-state index in [9.17, 15) is 28.1 Å². The predicted molar refractivity (Wildman–Crippen MR) is 98.2 cm³/mol. The van der Waals surface area contributed by atoms with Gasteiger partial charge < -0.3 is 5.32 Å². The summed E-state index contributed by atoms with van der Waals surface area (Å²) >= 11 is 0. The third kappa shape index (κ3) is 3.96. The number of benzene rings is 2. The van der Waals surface area contributed by atoms with Gasteiger partial charge in [-0.25, -0.2) is 13.2 Å². The third-order valence-electron chi connectivity index (χ3n) is 4.36. The van der Waals surface area contributed by atoms with Crippen LogP contribution in [0.1, 0.15) is 27.3 Å². The normalized spacial score (nSPS) is 10.8. The molecule has 1 amide bonds. The molecule has 0 radical (unpaired) electrons. The number of rotatable bonds is 5. The summed E-state index contributed by atoms with van der Waals surface area (Å²) in [6.07, 6.45) is 0. The Morgan fingerprint density at radius 2 is 1.76 bits per heavy atom. The van der Waals surface area contributed by atoms with Crippen LogP contribution in [-0.4, -0.2) is 20.6 Å². The van der Waals surface area contributed by atoms with Crippen molar-refractivity contribution in [3.63, 3.8) is 0 Å². The smallest absolute Gasteiger partial charge is 0.312 e. The molecule has 0 unspecified atom stereocenters. The van der Waals surface area contributed by atoms with Gasteiger partial charge in [0.1, 0.15) is 11.4 Å². The van der Waals surface area contributed by atoms with E-state index in [0.717, 1.165) is 11.6 Å². The first-order valence-corrected chi connectivity index (χ1v) is 8.41. The molecule has 3 rings (SSSR count). The molecular weight excluding hydrogens is 389 g/mol. The van der Waals surface area contributed by atoms with Gasteiger partial charge in [-0.2, -0.15) is 5.10 Å². The van der Waals surface area contributed by atoms with E-state index < -0.39 is 34.0 Å². The molecule has 0 spiro atoms. The number of hydrogen-bond donors (Lipinski definition) is 1. The highest BCUT2D eigenvalue weighted by Crippen LogP contribution is 2.23. The second kappa shape index (κ2) is 7.74. The molecule has 0 aliphatic carbocycles. The summed E-state index contributed by atoms with van der Waals surface area (Å²) in [7, 11) is 0. The van der Waals surface area contributed by atoms with Crippen molar-refractivity contribution in [2.75, 3.05) is 5.32 Å². The average molecular weight is 404 g/mol. The molecule has 0 saturated heterocycles. The van der Waals surface area contributed by atoms with E-state index in [-0.39, 0.29) is 17.8 Å². The molecule has 0 saturated carbocycles. The third-order valence-corrected chi connectivity index (χ3v) is 4.36. The van der Waals surface area contributed by atoms with Crippen molar-refractivity contribution >= 4 is 17.3 Å². The molecule has 1 N–H and O–H groups in total. The molecule has 2 aromatic carbocycles. The van der Waals surface area contributed by atoms with E-state index in [1.165, 1.54) is 16.8 Å². The SMILES string of the molecule is Cc1nn(Cc2ccc(C(=O)Nc3ccc(F)c(F)c3F)cc2)c(C)c1[N+](=O)[O-]. The highest BCUT2D eigenvalue weighted by Gasteiger charge is 2.22. The fraction of sp³-hybridized carbons (Fsp3) is 0.158.